The lowest BCUT2D eigenvalue weighted by Crippen LogP contribution is -2.34. The summed E-state index contributed by atoms with van der Waals surface area (Å²) in [5.74, 6) is -0.889. The Morgan fingerprint density at radius 3 is 2.40 bits per heavy atom. The number of anilines is 1. The second kappa shape index (κ2) is 7.21. The predicted molar refractivity (Wildman–Crippen MR) is 95.9 cm³/mol. The van der Waals surface area contributed by atoms with Crippen LogP contribution < -0.4 is 5.32 Å². The third-order valence-corrected chi connectivity index (χ3v) is 5.17. The Hall–Kier alpha value is -2.43. The molecule has 1 aromatic carbocycles. The van der Waals surface area contributed by atoms with Crippen LogP contribution in [0.5, 0.6) is 0 Å². The first kappa shape index (κ1) is 17.4. The number of hydrogen-bond acceptors (Lipinski definition) is 3. The maximum absolute atomic E-state index is 12.4. The van der Waals surface area contributed by atoms with Crippen LogP contribution in [0, 0.1) is 18.8 Å². The van der Waals surface area contributed by atoms with Crippen LogP contribution in [0.3, 0.4) is 0 Å². The molecule has 0 aromatic heterocycles. The summed E-state index contributed by atoms with van der Waals surface area (Å²) in [5.41, 5.74) is 2.93. The molecule has 1 heterocycles. The molecule has 0 radical (unpaired) electrons. The van der Waals surface area contributed by atoms with Gasteiger partial charge < -0.3 is 5.32 Å². The molecule has 3 amide bonds. The number of aryl methyl sites for hydroxylation is 2. The first-order chi connectivity index (χ1) is 12.0. The number of benzene rings is 1. The minimum absolute atomic E-state index is 0.127. The first-order valence-electron chi connectivity index (χ1n) is 8.91. The SMILES string of the molecule is CCc1cccc(C)c1NC(=O)CCN1C(=O)[C@H]2CC=CC[C@@H]2C1=O. The van der Waals surface area contributed by atoms with Crippen molar-refractivity contribution in [1.82, 2.24) is 4.90 Å². The number of hydrogen-bond donors (Lipinski definition) is 1. The molecule has 1 saturated heterocycles. The van der Waals surface area contributed by atoms with Crippen molar-refractivity contribution >= 4 is 23.4 Å². The van der Waals surface area contributed by atoms with E-state index in [-0.39, 0.29) is 42.5 Å². The van der Waals surface area contributed by atoms with Crippen molar-refractivity contribution in [2.75, 3.05) is 11.9 Å². The van der Waals surface area contributed by atoms with Crippen LogP contribution in [0.15, 0.2) is 30.4 Å². The fraction of sp³-hybridized carbons (Fsp3) is 0.450. The quantitative estimate of drug-likeness (QED) is 0.662. The van der Waals surface area contributed by atoms with Crippen LogP contribution in [0.2, 0.25) is 0 Å². The zero-order valence-corrected chi connectivity index (χ0v) is 14.7. The fourth-order valence-electron chi connectivity index (χ4n) is 3.71. The number of allylic oxidation sites excluding steroid dienone is 2. The molecule has 2 aliphatic rings. The summed E-state index contributed by atoms with van der Waals surface area (Å²) >= 11 is 0. The highest BCUT2D eigenvalue weighted by Gasteiger charge is 2.46. The summed E-state index contributed by atoms with van der Waals surface area (Å²) in [6.07, 6.45) is 6.14. The zero-order valence-electron chi connectivity index (χ0n) is 14.7. The van der Waals surface area contributed by atoms with Crippen molar-refractivity contribution in [3.8, 4) is 0 Å². The molecule has 5 nitrogen and oxygen atoms in total. The highest BCUT2D eigenvalue weighted by molar-refractivity contribution is 6.06. The van der Waals surface area contributed by atoms with Gasteiger partial charge in [0.25, 0.3) is 0 Å². The van der Waals surface area contributed by atoms with Gasteiger partial charge in [-0.3, -0.25) is 19.3 Å². The monoisotopic (exact) mass is 340 g/mol. The number of carbonyl (C=O) groups is 3. The van der Waals surface area contributed by atoms with E-state index in [1.807, 2.05) is 44.2 Å². The highest BCUT2D eigenvalue weighted by atomic mass is 16.2. The number of nitrogens with zero attached hydrogens (tertiary/aromatic N) is 1. The first-order valence-corrected chi connectivity index (χ1v) is 8.91. The van der Waals surface area contributed by atoms with Crippen LogP contribution in [0.25, 0.3) is 0 Å². The Labute approximate surface area is 148 Å². The smallest absolute Gasteiger partial charge is 0.233 e. The van der Waals surface area contributed by atoms with Crippen molar-refractivity contribution in [2.24, 2.45) is 11.8 Å². The molecule has 2 atom stereocenters. The standard InChI is InChI=1S/C20H24N2O3/c1-3-14-8-6-7-13(2)18(14)21-17(23)11-12-22-19(24)15-9-4-5-10-16(15)20(22)25/h4-8,15-16H,3,9-12H2,1-2H3,(H,21,23)/t15-,16-/m0/s1. The lowest BCUT2D eigenvalue weighted by Gasteiger charge is -2.16. The van der Waals surface area contributed by atoms with E-state index in [0.717, 1.165) is 23.2 Å². The largest absolute Gasteiger partial charge is 0.326 e. The average Bonchev–Trinajstić information content (AvgIpc) is 2.86. The van der Waals surface area contributed by atoms with Gasteiger partial charge in [-0.25, -0.2) is 0 Å². The van der Waals surface area contributed by atoms with Crippen LogP contribution >= 0.6 is 0 Å². The molecule has 1 aromatic rings. The number of nitrogens with one attached hydrogen (secondary N) is 1. The average molecular weight is 340 g/mol. The minimum atomic E-state index is -0.233. The summed E-state index contributed by atoms with van der Waals surface area (Å²) in [7, 11) is 0. The summed E-state index contributed by atoms with van der Waals surface area (Å²) in [5, 5.41) is 2.95. The van der Waals surface area contributed by atoms with Gasteiger partial charge in [-0.2, -0.15) is 0 Å². The lowest BCUT2D eigenvalue weighted by molar-refractivity contribution is -0.140. The summed E-state index contributed by atoms with van der Waals surface area (Å²) in [6, 6.07) is 5.93. The van der Waals surface area contributed by atoms with E-state index in [9.17, 15) is 14.4 Å². The zero-order chi connectivity index (χ0) is 18.0. The second-order valence-corrected chi connectivity index (χ2v) is 6.74. The van der Waals surface area contributed by atoms with Gasteiger partial charge in [0.2, 0.25) is 17.7 Å². The second-order valence-electron chi connectivity index (χ2n) is 6.74. The Bertz CT molecular complexity index is 712. The van der Waals surface area contributed by atoms with E-state index >= 15 is 0 Å². The van der Waals surface area contributed by atoms with E-state index < -0.39 is 0 Å². The fourth-order valence-corrected chi connectivity index (χ4v) is 3.71. The molecule has 5 heteroatoms. The lowest BCUT2D eigenvalue weighted by atomic mass is 9.85. The van der Waals surface area contributed by atoms with Crippen molar-refractivity contribution in [2.45, 2.75) is 39.5 Å². The van der Waals surface area contributed by atoms with Crippen molar-refractivity contribution < 1.29 is 14.4 Å². The molecule has 3 rings (SSSR count). The molecule has 0 bridgehead atoms. The van der Waals surface area contributed by atoms with Crippen molar-refractivity contribution in [3.05, 3.63) is 41.5 Å². The summed E-state index contributed by atoms with van der Waals surface area (Å²) < 4.78 is 0. The van der Waals surface area contributed by atoms with E-state index in [1.165, 1.54) is 4.90 Å². The minimum Gasteiger partial charge on any atom is -0.326 e. The van der Waals surface area contributed by atoms with Crippen LogP contribution in [-0.4, -0.2) is 29.2 Å². The normalized spacial score (nSPS) is 22.2. The Kier molecular flexibility index (Phi) is 5.02. The number of rotatable bonds is 5. The molecule has 0 unspecified atom stereocenters. The maximum Gasteiger partial charge on any atom is 0.233 e. The highest BCUT2D eigenvalue weighted by Crippen LogP contribution is 2.35. The van der Waals surface area contributed by atoms with Crippen LogP contribution in [0.4, 0.5) is 5.69 Å². The summed E-state index contributed by atoms with van der Waals surface area (Å²) in [4.78, 5) is 38.5. The van der Waals surface area contributed by atoms with E-state index in [4.69, 9.17) is 0 Å². The summed E-state index contributed by atoms with van der Waals surface area (Å²) in [6.45, 7) is 4.16. The van der Waals surface area contributed by atoms with Crippen LogP contribution in [-0.2, 0) is 20.8 Å². The van der Waals surface area contributed by atoms with Crippen LogP contribution in [0.1, 0.15) is 37.3 Å². The molecular weight excluding hydrogens is 316 g/mol. The third kappa shape index (κ3) is 3.36. The molecule has 25 heavy (non-hydrogen) atoms. The number of likely N-dealkylation sites (tertiary alicyclic amines) is 1. The number of para-hydroxylation sites is 1. The van der Waals surface area contributed by atoms with E-state index in [1.54, 1.807) is 0 Å². The molecule has 1 N–H and O–H groups in total. The van der Waals surface area contributed by atoms with Gasteiger partial charge in [0, 0.05) is 18.7 Å². The third-order valence-electron chi connectivity index (χ3n) is 5.17. The van der Waals surface area contributed by atoms with Gasteiger partial charge in [-0.1, -0.05) is 37.3 Å². The number of carbonyl (C=O) groups excluding carboxylic acids is 3. The Morgan fingerprint density at radius 1 is 1.16 bits per heavy atom. The topological polar surface area (TPSA) is 66.5 Å². The molecule has 1 aliphatic heterocycles. The van der Waals surface area contributed by atoms with Crippen molar-refractivity contribution in [1.29, 1.82) is 0 Å². The predicted octanol–water partition coefficient (Wildman–Crippen LogP) is 2.84. The van der Waals surface area contributed by atoms with Gasteiger partial charge in [-0.05, 0) is 37.3 Å². The molecule has 0 saturated carbocycles. The number of amides is 3. The number of imide groups is 1. The maximum atomic E-state index is 12.4. The van der Waals surface area contributed by atoms with Gasteiger partial charge >= 0.3 is 0 Å². The van der Waals surface area contributed by atoms with Gasteiger partial charge in [0.05, 0.1) is 11.8 Å². The van der Waals surface area contributed by atoms with E-state index in [2.05, 4.69) is 5.32 Å². The van der Waals surface area contributed by atoms with Crippen molar-refractivity contribution in [3.63, 3.8) is 0 Å². The van der Waals surface area contributed by atoms with Gasteiger partial charge in [0.1, 0.15) is 0 Å². The van der Waals surface area contributed by atoms with Gasteiger partial charge in [0.15, 0.2) is 0 Å². The number of fused-ring (bicyclic) bond motifs is 1. The molecular formula is C20H24N2O3. The Morgan fingerprint density at radius 2 is 1.80 bits per heavy atom. The molecule has 1 aliphatic carbocycles. The Balaban J connectivity index is 1.62. The van der Waals surface area contributed by atoms with Gasteiger partial charge in [-0.15, -0.1) is 0 Å². The van der Waals surface area contributed by atoms with E-state index in [0.29, 0.717) is 12.8 Å². The molecule has 0 spiro atoms. The molecule has 132 valence electrons. The molecule has 1 fully saturated rings.